The molecule has 3 heterocycles. The van der Waals surface area contributed by atoms with Gasteiger partial charge in [-0.25, -0.2) is 9.78 Å². The molecule has 0 radical (unpaired) electrons. The van der Waals surface area contributed by atoms with Crippen LogP contribution in [0.3, 0.4) is 0 Å². The molecule has 0 bridgehead atoms. The number of oxazole rings is 1. The molecule has 2 aromatic carbocycles. The van der Waals surface area contributed by atoms with Gasteiger partial charge in [-0.3, -0.25) is 9.47 Å². The number of nitrogens with zero attached hydrogens (tertiary/aromatic N) is 3. The molecule has 5 rings (SSSR count). The van der Waals surface area contributed by atoms with Gasteiger partial charge >= 0.3 is 5.76 Å². The van der Waals surface area contributed by atoms with Crippen molar-refractivity contribution in [2.45, 2.75) is 32.0 Å². The van der Waals surface area contributed by atoms with Gasteiger partial charge in [0.25, 0.3) is 0 Å². The molecule has 0 N–H and O–H groups in total. The molecule has 4 aromatic rings. The Morgan fingerprint density at radius 1 is 1.12 bits per heavy atom. The van der Waals surface area contributed by atoms with E-state index in [1.165, 1.54) is 11.1 Å². The van der Waals surface area contributed by atoms with Gasteiger partial charge in [-0.05, 0) is 37.1 Å². The highest BCUT2D eigenvalue weighted by atomic mass is 32.1. The number of fused-ring (bicyclic) bond motifs is 2. The molecular formula is C20H19N3O2S. The quantitative estimate of drug-likeness (QED) is 0.540. The van der Waals surface area contributed by atoms with Crippen LogP contribution in [0.15, 0.2) is 57.7 Å². The molecule has 1 saturated heterocycles. The first-order valence-corrected chi connectivity index (χ1v) is 9.79. The number of likely N-dealkylation sites (tertiary alicyclic amines) is 1. The number of piperidine rings is 1. The second-order valence-electron chi connectivity index (χ2n) is 6.75. The molecule has 2 aromatic heterocycles. The zero-order valence-electron chi connectivity index (χ0n) is 14.3. The number of aromatic nitrogens is 2. The van der Waals surface area contributed by atoms with Gasteiger partial charge in [0, 0.05) is 6.54 Å². The largest absolute Gasteiger partial charge is 0.421 e. The topological polar surface area (TPSA) is 51.3 Å². The first-order chi connectivity index (χ1) is 12.8. The van der Waals surface area contributed by atoms with Crippen LogP contribution >= 0.6 is 11.3 Å². The molecule has 0 amide bonds. The normalized spacial score (nSPS) is 18.7. The standard InChI is InChI=1S/C20H19N3O2S/c24-20-23(15-8-2-3-10-17(15)25-20)13-22-12-6-5-9-16(22)19-21-14-7-1-4-11-18(14)26-19/h1-4,7-8,10-11,16H,5-6,9,12-13H2/t16-/m1/s1. The summed E-state index contributed by atoms with van der Waals surface area (Å²) in [6, 6.07) is 16.1. The number of hydrogen-bond acceptors (Lipinski definition) is 5. The van der Waals surface area contributed by atoms with E-state index in [-0.39, 0.29) is 11.8 Å². The minimum absolute atomic E-state index is 0.252. The van der Waals surface area contributed by atoms with Crippen LogP contribution in [0.25, 0.3) is 21.3 Å². The summed E-state index contributed by atoms with van der Waals surface area (Å²) in [5.74, 6) is -0.292. The van der Waals surface area contributed by atoms with E-state index >= 15 is 0 Å². The maximum absolute atomic E-state index is 12.4. The highest BCUT2D eigenvalue weighted by Gasteiger charge is 2.28. The van der Waals surface area contributed by atoms with Crippen molar-refractivity contribution < 1.29 is 4.42 Å². The van der Waals surface area contributed by atoms with Crippen molar-refractivity contribution in [2.24, 2.45) is 0 Å². The van der Waals surface area contributed by atoms with E-state index in [4.69, 9.17) is 9.40 Å². The lowest BCUT2D eigenvalue weighted by Crippen LogP contribution is -2.37. The molecule has 5 nitrogen and oxygen atoms in total. The highest BCUT2D eigenvalue weighted by molar-refractivity contribution is 7.18. The van der Waals surface area contributed by atoms with E-state index in [2.05, 4.69) is 23.1 Å². The Morgan fingerprint density at radius 2 is 1.96 bits per heavy atom. The molecule has 132 valence electrons. The van der Waals surface area contributed by atoms with Gasteiger partial charge in [0.2, 0.25) is 0 Å². The summed E-state index contributed by atoms with van der Waals surface area (Å²) in [5.41, 5.74) is 2.56. The van der Waals surface area contributed by atoms with E-state index < -0.39 is 0 Å². The Bertz CT molecular complexity index is 1090. The van der Waals surface area contributed by atoms with Crippen LogP contribution in [0.5, 0.6) is 0 Å². The van der Waals surface area contributed by atoms with Gasteiger partial charge < -0.3 is 4.42 Å². The van der Waals surface area contributed by atoms with Crippen molar-refractivity contribution in [1.82, 2.24) is 14.5 Å². The van der Waals surface area contributed by atoms with Crippen LogP contribution in [0.1, 0.15) is 30.3 Å². The Labute approximate surface area is 154 Å². The fraction of sp³-hybridized carbons (Fsp3) is 0.300. The Morgan fingerprint density at radius 3 is 2.88 bits per heavy atom. The van der Waals surface area contributed by atoms with Crippen molar-refractivity contribution in [1.29, 1.82) is 0 Å². The minimum atomic E-state index is -0.292. The van der Waals surface area contributed by atoms with Crippen LogP contribution in [0.2, 0.25) is 0 Å². The first kappa shape index (κ1) is 15.8. The molecule has 0 aliphatic carbocycles. The highest BCUT2D eigenvalue weighted by Crippen LogP contribution is 2.36. The Kier molecular flexibility index (Phi) is 3.87. The van der Waals surface area contributed by atoms with E-state index in [1.54, 1.807) is 15.9 Å². The summed E-state index contributed by atoms with van der Waals surface area (Å²) >= 11 is 1.76. The number of hydrogen-bond donors (Lipinski definition) is 0. The summed E-state index contributed by atoms with van der Waals surface area (Å²) in [6.07, 6.45) is 3.41. The number of benzene rings is 2. The van der Waals surface area contributed by atoms with Gasteiger partial charge in [-0.1, -0.05) is 30.7 Å². The van der Waals surface area contributed by atoms with Crippen molar-refractivity contribution in [3.05, 3.63) is 64.1 Å². The van der Waals surface area contributed by atoms with Crippen molar-refractivity contribution >= 4 is 32.7 Å². The summed E-state index contributed by atoms with van der Waals surface area (Å²) in [5, 5.41) is 1.15. The summed E-state index contributed by atoms with van der Waals surface area (Å²) in [6.45, 7) is 1.50. The molecule has 1 atom stereocenters. The zero-order chi connectivity index (χ0) is 17.5. The molecule has 6 heteroatoms. The van der Waals surface area contributed by atoms with Gasteiger partial charge in [0.15, 0.2) is 5.58 Å². The summed E-state index contributed by atoms with van der Waals surface area (Å²) in [7, 11) is 0. The van der Waals surface area contributed by atoms with Gasteiger partial charge in [-0.15, -0.1) is 11.3 Å². The second kappa shape index (κ2) is 6.37. The molecule has 0 saturated carbocycles. The van der Waals surface area contributed by atoms with E-state index in [9.17, 15) is 4.79 Å². The third-order valence-electron chi connectivity index (χ3n) is 5.11. The molecule has 1 aliphatic rings. The third-order valence-corrected chi connectivity index (χ3v) is 6.24. The molecule has 0 unspecified atom stereocenters. The average Bonchev–Trinajstić information content (AvgIpc) is 3.23. The lowest BCUT2D eigenvalue weighted by molar-refractivity contribution is 0.109. The average molecular weight is 365 g/mol. The maximum Gasteiger partial charge on any atom is 0.421 e. The second-order valence-corrected chi connectivity index (χ2v) is 7.81. The lowest BCUT2D eigenvalue weighted by atomic mass is 10.0. The fourth-order valence-corrected chi connectivity index (χ4v) is 4.94. The maximum atomic E-state index is 12.4. The van der Waals surface area contributed by atoms with Crippen LogP contribution in [-0.2, 0) is 6.67 Å². The molecule has 1 aliphatic heterocycles. The smallest absolute Gasteiger partial charge is 0.408 e. The Hall–Kier alpha value is -2.44. The number of para-hydroxylation sites is 3. The van der Waals surface area contributed by atoms with Gasteiger partial charge in [0.05, 0.1) is 28.4 Å². The van der Waals surface area contributed by atoms with Gasteiger partial charge in [0.1, 0.15) is 5.01 Å². The number of thiazole rings is 1. The van der Waals surface area contributed by atoms with E-state index in [0.717, 1.165) is 35.4 Å². The Balaban J connectivity index is 1.51. The third kappa shape index (κ3) is 2.66. The first-order valence-electron chi connectivity index (χ1n) is 8.97. The SMILES string of the molecule is O=c1oc2ccccc2n1CN1CCCC[C@@H]1c1nc2ccccc2s1. The monoisotopic (exact) mass is 365 g/mol. The van der Waals surface area contributed by atoms with E-state index in [1.807, 2.05) is 30.3 Å². The molecule has 1 fully saturated rings. The van der Waals surface area contributed by atoms with Crippen molar-refractivity contribution in [3.63, 3.8) is 0 Å². The van der Waals surface area contributed by atoms with Crippen LogP contribution in [0.4, 0.5) is 0 Å². The molecular weight excluding hydrogens is 346 g/mol. The van der Waals surface area contributed by atoms with Crippen molar-refractivity contribution in [2.75, 3.05) is 6.54 Å². The summed E-state index contributed by atoms with van der Waals surface area (Å²) < 4.78 is 8.36. The summed E-state index contributed by atoms with van der Waals surface area (Å²) in [4.78, 5) is 19.6. The number of rotatable bonds is 3. The van der Waals surface area contributed by atoms with E-state index in [0.29, 0.717) is 12.3 Å². The van der Waals surface area contributed by atoms with Crippen LogP contribution in [-0.4, -0.2) is 21.0 Å². The van der Waals surface area contributed by atoms with Gasteiger partial charge in [-0.2, -0.15) is 0 Å². The minimum Gasteiger partial charge on any atom is -0.408 e. The van der Waals surface area contributed by atoms with Crippen molar-refractivity contribution in [3.8, 4) is 0 Å². The van der Waals surface area contributed by atoms with Crippen LogP contribution < -0.4 is 5.76 Å². The zero-order valence-corrected chi connectivity index (χ0v) is 15.1. The van der Waals surface area contributed by atoms with Crippen LogP contribution in [0, 0.1) is 0 Å². The predicted molar refractivity (Wildman–Crippen MR) is 103 cm³/mol. The predicted octanol–water partition coefficient (Wildman–Crippen LogP) is 4.39. The fourth-order valence-electron chi connectivity index (χ4n) is 3.80. The molecule has 26 heavy (non-hydrogen) atoms. The molecule has 0 spiro atoms. The lowest BCUT2D eigenvalue weighted by Gasteiger charge is -2.34.